The van der Waals surface area contributed by atoms with Crippen molar-refractivity contribution in [1.29, 1.82) is 5.41 Å². The number of rotatable bonds is 2. The number of hydrogen-bond acceptors (Lipinski definition) is 4. The molecule has 2 heterocycles. The first-order valence-corrected chi connectivity index (χ1v) is 9.01. The van der Waals surface area contributed by atoms with Crippen LogP contribution in [0.25, 0.3) is 0 Å². The highest BCUT2D eigenvalue weighted by Gasteiger charge is 2.34. The summed E-state index contributed by atoms with van der Waals surface area (Å²) < 4.78 is 20.3. The van der Waals surface area contributed by atoms with Crippen molar-refractivity contribution in [3.8, 4) is 0 Å². The fourth-order valence-corrected chi connectivity index (χ4v) is 3.25. The monoisotopic (exact) mass is 373 g/mol. The molecule has 0 radical (unpaired) electrons. The van der Waals surface area contributed by atoms with Crippen LogP contribution < -0.4 is 0 Å². The van der Waals surface area contributed by atoms with Crippen LogP contribution in [0.1, 0.15) is 49.5 Å². The molecule has 1 saturated heterocycles. The van der Waals surface area contributed by atoms with Gasteiger partial charge in [0.25, 0.3) is 5.91 Å². The van der Waals surface area contributed by atoms with Crippen LogP contribution in [-0.4, -0.2) is 52.9 Å². The molecule has 0 bridgehead atoms. The number of likely N-dealkylation sites (tertiary alicyclic amines) is 1. The van der Waals surface area contributed by atoms with Gasteiger partial charge < -0.3 is 9.64 Å². The lowest BCUT2D eigenvalue weighted by atomic mass is 10.0. The van der Waals surface area contributed by atoms with Gasteiger partial charge in [-0.2, -0.15) is 0 Å². The number of carbonyl (C=O) groups excluding carboxylic acids is 2. The Balaban J connectivity index is 1.72. The van der Waals surface area contributed by atoms with Gasteiger partial charge in [0.1, 0.15) is 17.3 Å². The first-order valence-electron chi connectivity index (χ1n) is 9.01. The highest BCUT2D eigenvalue weighted by molar-refractivity contribution is 6.22. The quantitative estimate of drug-likeness (QED) is 0.859. The van der Waals surface area contributed by atoms with E-state index in [4.69, 9.17) is 10.1 Å². The van der Waals surface area contributed by atoms with E-state index in [1.807, 2.05) is 0 Å². The number of nitrogens with one attached hydrogen (secondary N) is 1. The van der Waals surface area contributed by atoms with Crippen molar-refractivity contribution in [2.45, 2.75) is 39.2 Å². The summed E-state index contributed by atoms with van der Waals surface area (Å²) in [6.07, 6.45) is 0.686. The third-order valence-corrected chi connectivity index (χ3v) is 4.55. The molecule has 2 aliphatic rings. The number of piperidine rings is 1. The Morgan fingerprint density at radius 1 is 1.26 bits per heavy atom. The molecule has 144 valence electrons. The van der Waals surface area contributed by atoms with Crippen molar-refractivity contribution in [2.24, 2.45) is 0 Å². The van der Waals surface area contributed by atoms with E-state index in [1.54, 1.807) is 45.0 Å². The first-order chi connectivity index (χ1) is 12.7. The second kappa shape index (κ2) is 7.13. The average Bonchev–Trinajstić information content (AvgIpc) is 2.86. The Kier molecular flexibility index (Phi) is 5.04. The predicted octanol–water partition coefficient (Wildman–Crippen LogP) is 3.72. The molecule has 6 nitrogen and oxygen atoms in total. The van der Waals surface area contributed by atoms with Gasteiger partial charge in [-0.25, -0.2) is 9.18 Å². The van der Waals surface area contributed by atoms with Crippen molar-refractivity contribution in [3.63, 3.8) is 0 Å². The van der Waals surface area contributed by atoms with Gasteiger partial charge in [-0.05, 0) is 45.3 Å². The van der Waals surface area contributed by atoms with Crippen LogP contribution in [0, 0.1) is 5.41 Å². The average molecular weight is 373 g/mol. The molecule has 1 fully saturated rings. The molecule has 0 unspecified atom stereocenters. The summed E-state index contributed by atoms with van der Waals surface area (Å²) in [5.74, 6) is -0.827. The molecular formula is C20H24FN3O3. The van der Waals surface area contributed by atoms with Gasteiger partial charge in [0.05, 0.1) is 12.1 Å². The molecule has 0 aliphatic carbocycles. The van der Waals surface area contributed by atoms with Crippen LogP contribution in [0.5, 0.6) is 0 Å². The minimum absolute atomic E-state index is 0.00570. The van der Waals surface area contributed by atoms with Crippen LogP contribution in [0.4, 0.5) is 9.18 Å². The highest BCUT2D eigenvalue weighted by Crippen LogP contribution is 2.27. The lowest BCUT2D eigenvalue weighted by Gasteiger charge is -2.31. The molecule has 0 saturated carbocycles. The number of ether oxygens (including phenoxy) is 1. The third-order valence-electron chi connectivity index (χ3n) is 4.55. The number of benzene rings is 1. The summed E-state index contributed by atoms with van der Waals surface area (Å²) >= 11 is 0. The van der Waals surface area contributed by atoms with Gasteiger partial charge in [0.15, 0.2) is 0 Å². The SMILES string of the molecule is CC(C)(C)OC(=O)N1CCC/C(=C(\F)CN2C(=N)c3ccccc3C2=O)C1. The third kappa shape index (κ3) is 4.02. The minimum Gasteiger partial charge on any atom is -0.444 e. The lowest BCUT2D eigenvalue weighted by Crippen LogP contribution is -2.41. The zero-order chi connectivity index (χ0) is 19.8. The lowest BCUT2D eigenvalue weighted by molar-refractivity contribution is 0.0244. The molecule has 1 aromatic carbocycles. The van der Waals surface area contributed by atoms with Crippen LogP contribution in [0.3, 0.4) is 0 Å². The van der Waals surface area contributed by atoms with Gasteiger partial charge in [0, 0.05) is 18.7 Å². The van der Waals surface area contributed by atoms with Crippen molar-refractivity contribution in [2.75, 3.05) is 19.6 Å². The molecule has 0 atom stereocenters. The topological polar surface area (TPSA) is 73.7 Å². The largest absolute Gasteiger partial charge is 0.444 e. The van der Waals surface area contributed by atoms with E-state index in [0.29, 0.717) is 36.1 Å². The fraction of sp³-hybridized carbons (Fsp3) is 0.450. The van der Waals surface area contributed by atoms with E-state index in [1.165, 1.54) is 4.90 Å². The number of amides is 2. The van der Waals surface area contributed by atoms with Crippen LogP contribution in [0.2, 0.25) is 0 Å². The van der Waals surface area contributed by atoms with E-state index in [0.717, 1.165) is 4.90 Å². The van der Waals surface area contributed by atoms with Crippen molar-refractivity contribution in [1.82, 2.24) is 9.80 Å². The number of hydrogen-bond donors (Lipinski definition) is 1. The van der Waals surface area contributed by atoms with Gasteiger partial charge in [-0.3, -0.25) is 15.1 Å². The fourth-order valence-electron chi connectivity index (χ4n) is 3.25. The number of carbonyl (C=O) groups is 2. The van der Waals surface area contributed by atoms with Gasteiger partial charge in [-0.1, -0.05) is 18.2 Å². The zero-order valence-corrected chi connectivity index (χ0v) is 15.8. The Hall–Kier alpha value is -2.70. The number of fused-ring (bicyclic) bond motifs is 1. The summed E-state index contributed by atoms with van der Waals surface area (Å²) in [6, 6.07) is 6.80. The van der Waals surface area contributed by atoms with E-state index in [9.17, 15) is 14.0 Å². The van der Waals surface area contributed by atoms with E-state index >= 15 is 0 Å². The van der Waals surface area contributed by atoms with Gasteiger partial charge in [-0.15, -0.1) is 0 Å². The second-order valence-corrected chi connectivity index (χ2v) is 7.80. The van der Waals surface area contributed by atoms with Crippen LogP contribution in [-0.2, 0) is 4.74 Å². The number of amidine groups is 1. The number of nitrogens with zero attached hydrogens (tertiary/aromatic N) is 2. The van der Waals surface area contributed by atoms with E-state index < -0.39 is 17.5 Å². The molecule has 1 N–H and O–H groups in total. The van der Waals surface area contributed by atoms with Crippen molar-refractivity contribution < 1.29 is 18.7 Å². The smallest absolute Gasteiger partial charge is 0.410 e. The minimum atomic E-state index is -0.611. The molecule has 1 aromatic rings. The predicted molar refractivity (Wildman–Crippen MR) is 99.5 cm³/mol. The van der Waals surface area contributed by atoms with E-state index in [2.05, 4.69) is 0 Å². The molecule has 2 amide bonds. The molecule has 2 aliphatic heterocycles. The first kappa shape index (κ1) is 19.1. The summed E-state index contributed by atoms with van der Waals surface area (Å²) in [6.45, 7) is 5.72. The maximum Gasteiger partial charge on any atom is 0.410 e. The summed E-state index contributed by atoms with van der Waals surface area (Å²) in [5.41, 5.74) is 0.794. The Labute approximate surface area is 158 Å². The van der Waals surface area contributed by atoms with Crippen molar-refractivity contribution >= 4 is 17.8 Å². The Bertz CT molecular complexity index is 791. The summed E-state index contributed by atoms with van der Waals surface area (Å²) in [5, 5.41) is 8.16. The standard InChI is InChI=1S/C20H24FN3O3/c1-20(2,3)27-19(26)23-10-6-7-13(11-23)16(21)12-24-17(22)14-8-4-5-9-15(14)18(24)25/h4-5,8-9,22H,6-7,10-12H2,1-3H3/b16-13+,22-17?. The Morgan fingerprint density at radius 3 is 2.56 bits per heavy atom. The zero-order valence-electron chi connectivity index (χ0n) is 15.8. The Morgan fingerprint density at radius 2 is 1.93 bits per heavy atom. The normalized spacial score (nSPS) is 19.3. The maximum atomic E-state index is 14.9. The van der Waals surface area contributed by atoms with Crippen LogP contribution in [0.15, 0.2) is 35.7 Å². The highest BCUT2D eigenvalue weighted by atomic mass is 19.1. The number of halogens is 1. The van der Waals surface area contributed by atoms with E-state index in [-0.39, 0.29) is 24.8 Å². The molecule has 0 spiro atoms. The molecule has 0 aromatic heterocycles. The molecule has 27 heavy (non-hydrogen) atoms. The van der Waals surface area contributed by atoms with Gasteiger partial charge in [0.2, 0.25) is 0 Å². The molecule has 7 heteroatoms. The maximum absolute atomic E-state index is 14.9. The molecule has 3 rings (SSSR count). The van der Waals surface area contributed by atoms with Gasteiger partial charge >= 0.3 is 6.09 Å². The molecular weight excluding hydrogens is 349 g/mol. The summed E-state index contributed by atoms with van der Waals surface area (Å²) in [7, 11) is 0. The second-order valence-electron chi connectivity index (χ2n) is 7.80. The summed E-state index contributed by atoms with van der Waals surface area (Å²) in [4.78, 5) is 27.3. The van der Waals surface area contributed by atoms with Crippen LogP contribution >= 0.6 is 0 Å². The van der Waals surface area contributed by atoms with Crippen molar-refractivity contribution in [3.05, 3.63) is 46.8 Å².